The van der Waals surface area contributed by atoms with Crippen LogP contribution in [-0.4, -0.2) is 23.9 Å². The van der Waals surface area contributed by atoms with E-state index in [0.717, 1.165) is 6.42 Å². The Morgan fingerprint density at radius 2 is 1.87 bits per heavy atom. The maximum atomic E-state index is 11.5. The summed E-state index contributed by atoms with van der Waals surface area (Å²) < 4.78 is 0. The molecular weight excluding hydrogens is 194 g/mol. The Kier molecular flexibility index (Phi) is 5.93. The summed E-state index contributed by atoms with van der Waals surface area (Å²) in [6, 6.07) is -1.20. The zero-order chi connectivity index (χ0) is 12.0. The summed E-state index contributed by atoms with van der Waals surface area (Å²) in [5, 5.41) is 2.56. The second kappa shape index (κ2) is 6.40. The molecule has 0 aliphatic heterocycles. The zero-order valence-electron chi connectivity index (χ0n) is 9.62. The van der Waals surface area contributed by atoms with Crippen LogP contribution in [0.4, 0.5) is 0 Å². The summed E-state index contributed by atoms with van der Waals surface area (Å²) in [5.74, 6) is -0.864. The Morgan fingerprint density at radius 3 is 2.20 bits per heavy atom. The van der Waals surface area contributed by atoms with Crippen LogP contribution < -0.4 is 16.8 Å². The predicted octanol–water partition coefficient (Wildman–Crippen LogP) is -0.260. The number of amides is 2. The first-order chi connectivity index (χ1) is 6.90. The summed E-state index contributed by atoms with van der Waals surface area (Å²) in [6.07, 6.45) is 1.44. The molecule has 0 aromatic rings. The SMILES string of the molecule is CCCC(N)C(=O)NC(C(N)=O)C(C)C. The number of primary amides is 1. The van der Waals surface area contributed by atoms with Crippen LogP contribution in [0.3, 0.4) is 0 Å². The molecule has 0 aromatic heterocycles. The molecule has 2 amide bonds. The van der Waals surface area contributed by atoms with E-state index in [2.05, 4.69) is 5.32 Å². The van der Waals surface area contributed by atoms with Crippen LogP contribution in [0, 0.1) is 5.92 Å². The topological polar surface area (TPSA) is 98.2 Å². The number of hydrogen-bond donors (Lipinski definition) is 3. The van der Waals surface area contributed by atoms with Gasteiger partial charge in [0, 0.05) is 0 Å². The predicted molar refractivity (Wildman–Crippen MR) is 58.8 cm³/mol. The molecule has 0 radical (unpaired) electrons. The van der Waals surface area contributed by atoms with E-state index < -0.39 is 18.0 Å². The van der Waals surface area contributed by atoms with E-state index >= 15 is 0 Å². The van der Waals surface area contributed by atoms with Crippen molar-refractivity contribution < 1.29 is 9.59 Å². The van der Waals surface area contributed by atoms with Gasteiger partial charge in [0.05, 0.1) is 6.04 Å². The van der Waals surface area contributed by atoms with Gasteiger partial charge in [-0.3, -0.25) is 9.59 Å². The molecule has 0 saturated carbocycles. The maximum absolute atomic E-state index is 11.5. The van der Waals surface area contributed by atoms with E-state index in [1.807, 2.05) is 20.8 Å². The Labute approximate surface area is 90.6 Å². The fraction of sp³-hybridized carbons (Fsp3) is 0.800. The summed E-state index contributed by atoms with van der Waals surface area (Å²) in [7, 11) is 0. The zero-order valence-corrected chi connectivity index (χ0v) is 9.62. The fourth-order valence-electron chi connectivity index (χ4n) is 1.27. The second-order valence-corrected chi connectivity index (χ2v) is 4.03. The second-order valence-electron chi connectivity index (χ2n) is 4.03. The minimum absolute atomic E-state index is 0.0275. The van der Waals surface area contributed by atoms with Gasteiger partial charge in [0.2, 0.25) is 11.8 Å². The van der Waals surface area contributed by atoms with Crippen molar-refractivity contribution in [1.82, 2.24) is 5.32 Å². The van der Waals surface area contributed by atoms with Gasteiger partial charge >= 0.3 is 0 Å². The molecular formula is C10H21N3O2. The average Bonchev–Trinajstić information content (AvgIpc) is 2.12. The quantitative estimate of drug-likeness (QED) is 0.569. The first-order valence-electron chi connectivity index (χ1n) is 5.25. The molecule has 2 unspecified atom stereocenters. The number of carbonyl (C=O) groups is 2. The molecule has 2 atom stereocenters. The van der Waals surface area contributed by atoms with Crippen molar-refractivity contribution in [3.05, 3.63) is 0 Å². The average molecular weight is 215 g/mol. The highest BCUT2D eigenvalue weighted by atomic mass is 16.2. The minimum Gasteiger partial charge on any atom is -0.368 e. The number of hydrogen-bond acceptors (Lipinski definition) is 3. The summed E-state index contributed by atoms with van der Waals surface area (Å²) in [5.41, 5.74) is 10.8. The van der Waals surface area contributed by atoms with Gasteiger partial charge in [-0.05, 0) is 12.3 Å². The number of nitrogens with one attached hydrogen (secondary N) is 1. The largest absolute Gasteiger partial charge is 0.368 e. The lowest BCUT2D eigenvalue weighted by atomic mass is 10.0. The smallest absolute Gasteiger partial charge is 0.240 e. The van der Waals surface area contributed by atoms with E-state index in [9.17, 15) is 9.59 Å². The van der Waals surface area contributed by atoms with Crippen molar-refractivity contribution in [2.75, 3.05) is 0 Å². The Bertz CT molecular complexity index is 229. The van der Waals surface area contributed by atoms with Gasteiger partial charge in [-0.25, -0.2) is 0 Å². The molecule has 0 aromatic carbocycles. The third-order valence-corrected chi connectivity index (χ3v) is 2.21. The highest BCUT2D eigenvalue weighted by Crippen LogP contribution is 2.02. The van der Waals surface area contributed by atoms with Gasteiger partial charge < -0.3 is 16.8 Å². The molecule has 0 heterocycles. The van der Waals surface area contributed by atoms with Crippen molar-refractivity contribution in [2.45, 2.75) is 45.7 Å². The van der Waals surface area contributed by atoms with E-state index in [1.165, 1.54) is 0 Å². The third kappa shape index (κ3) is 4.78. The van der Waals surface area contributed by atoms with Crippen molar-refractivity contribution in [3.8, 4) is 0 Å². The van der Waals surface area contributed by atoms with Crippen molar-refractivity contribution in [1.29, 1.82) is 0 Å². The Balaban J connectivity index is 4.29. The minimum atomic E-state index is -0.639. The van der Waals surface area contributed by atoms with Crippen LogP contribution in [0.25, 0.3) is 0 Å². The van der Waals surface area contributed by atoms with Crippen LogP contribution >= 0.6 is 0 Å². The molecule has 5 N–H and O–H groups in total. The van der Waals surface area contributed by atoms with Gasteiger partial charge in [0.25, 0.3) is 0 Å². The van der Waals surface area contributed by atoms with Crippen LogP contribution in [0.5, 0.6) is 0 Å². The molecule has 0 aliphatic rings. The van der Waals surface area contributed by atoms with Crippen LogP contribution in [0.2, 0.25) is 0 Å². The molecule has 0 bridgehead atoms. The van der Waals surface area contributed by atoms with E-state index in [1.54, 1.807) is 0 Å². The standard InChI is InChI=1S/C10H21N3O2/c1-4-5-7(11)10(15)13-8(6(2)3)9(12)14/h6-8H,4-5,11H2,1-3H3,(H2,12,14)(H,13,15). The Morgan fingerprint density at radius 1 is 1.33 bits per heavy atom. The van der Waals surface area contributed by atoms with Crippen LogP contribution in [0.15, 0.2) is 0 Å². The van der Waals surface area contributed by atoms with E-state index in [-0.39, 0.29) is 11.8 Å². The lowest BCUT2D eigenvalue weighted by Crippen LogP contribution is -2.52. The molecule has 0 aliphatic carbocycles. The molecule has 5 nitrogen and oxygen atoms in total. The fourth-order valence-corrected chi connectivity index (χ4v) is 1.27. The summed E-state index contributed by atoms with van der Waals surface area (Å²) in [4.78, 5) is 22.5. The van der Waals surface area contributed by atoms with Gasteiger partial charge in [0.1, 0.15) is 6.04 Å². The normalized spacial score (nSPS) is 14.7. The third-order valence-electron chi connectivity index (χ3n) is 2.21. The molecule has 0 rings (SSSR count). The maximum Gasteiger partial charge on any atom is 0.240 e. The lowest BCUT2D eigenvalue weighted by molar-refractivity contribution is -0.129. The van der Waals surface area contributed by atoms with Crippen molar-refractivity contribution in [3.63, 3.8) is 0 Å². The van der Waals surface area contributed by atoms with Crippen molar-refractivity contribution in [2.24, 2.45) is 17.4 Å². The molecule has 0 fully saturated rings. The molecule has 15 heavy (non-hydrogen) atoms. The lowest BCUT2D eigenvalue weighted by Gasteiger charge is -2.21. The number of carbonyl (C=O) groups excluding carboxylic acids is 2. The van der Waals surface area contributed by atoms with Crippen LogP contribution in [0.1, 0.15) is 33.6 Å². The van der Waals surface area contributed by atoms with Crippen molar-refractivity contribution >= 4 is 11.8 Å². The van der Waals surface area contributed by atoms with Gasteiger partial charge in [-0.2, -0.15) is 0 Å². The van der Waals surface area contributed by atoms with E-state index in [0.29, 0.717) is 6.42 Å². The summed E-state index contributed by atoms with van der Waals surface area (Å²) >= 11 is 0. The molecule has 0 spiro atoms. The summed E-state index contributed by atoms with van der Waals surface area (Å²) in [6.45, 7) is 5.59. The van der Waals surface area contributed by atoms with Gasteiger partial charge in [-0.15, -0.1) is 0 Å². The number of nitrogens with two attached hydrogens (primary N) is 2. The number of rotatable bonds is 6. The van der Waals surface area contributed by atoms with E-state index in [4.69, 9.17) is 11.5 Å². The van der Waals surface area contributed by atoms with Gasteiger partial charge in [-0.1, -0.05) is 27.2 Å². The molecule has 5 heteroatoms. The Hall–Kier alpha value is -1.10. The first-order valence-corrected chi connectivity index (χ1v) is 5.25. The highest BCUT2D eigenvalue weighted by Gasteiger charge is 2.23. The van der Waals surface area contributed by atoms with Gasteiger partial charge in [0.15, 0.2) is 0 Å². The first kappa shape index (κ1) is 13.9. The van der Waals surface area contributed by atoms with Crippen LogP contribution in [-0.2, 0) is 9.59 Å². The molecule has 88 valence electrons. The molecule has 0 saturated heterocycles. The monoisotopic (exact) mass is 215 g/mol. The highest BCUT2D eigenvalue weighted by molar-refractivity contribution is 5.88.